The van der Waals surface area contributed by atoms with Crippen LogP contribution in [-0.2, 0) is 6.42 Å². The molecule has 17 heavy (non-hydrogen) atoms. The fourth-order valence-corrected chi connectivity index (χ4v) is 1.90. The quantitative estimate of drug-likeness (QED) is 0.822. The Hall–Kier alpha value is -1.67. The molecule has 0 saturated carbocycles. The van der Waals surface area contributed by atoms with Gasteiger partial charge in [0, 0.05) is 11.2 Å². The lowest BCUT2D eigenvalue weighted by Gasteiger charge is -2.04. The van der Waals surface area contributed by atoms with Gasteiger partial charge in [-0.1, -0.05) is 30.7 Å². The predicted octanol–water partition coefficient (Wildman–Crippen LogP) is 3.66. The zero-order valence-corrected chi connectivity index (χ0v) is 10.3. The van der Waals surface area contributed by atoms with Crippen molar-refractivity contribution in [2.24, 2.45) is 0 Å². The van der Waals surface area contributed by atoms with Gasteiger partial charge in [0.05, 0.1) is 5.69 Å². The van der Waals surface area contributed by atoms with E-state index in [9.17, 15) is 0 Å². The molecule has 0 aliphatic heterocycles. The summed E-state index contributed by atoms with van der Waals surface area (Å²) in [6, 6.07) is 8.74. The van der Waals surface area contributed by atoms with E-state index >= 15 is 0 Å². The summed E-state index contributed by atoms with van der Waals surface area (Å²) in [5.74, 6) is 0. The predicted molar refractivity (Wildman–Crippen MR) is 70.6 cm³/mol. The first-order chi connectivity index (χ1) is 8.31. The molecule has 0 amide bonds. The molecule has 0 saturated heterocycles. The van der Waals surface area contributed by atoms with Crippen molar-refractivity contribution in [2.75, 3.05) is 0 Å². The van der Waals surface area contributed by atoms with Crippen LogP contribution in [0.1, 0.15) is 23.7 Å². The van der Waals surface area contributed by atoms with Crippen LogP contribution in [0.2, 0.25) is 5.02 Å². The number of hydrogen-bond acceptors (Lipinski definition) is 2. The number of halogens is 1. The molecule has 85 valence electrons. The summed E-state index contributed by atoms with van der Waals surface area (Å²) in [7, 11) is 0. The standard InChI is InChI=1S/C14H12ClN2/c1-2-13-11(4-3-5-14(13)15)6-7-12-8-9-16-10-17-12/h3,5-10H,2H2,1H3. The van der Waals surface area contributed by atoms with Crippen molar-refractivity contribution >= 4 is 23.8 Å². The van der Waals surface area contributed by atoms with Crippen LogP contribution in [-0.4, -0.2) is 9.97 Å². The summed E-state index contributed by atoms with van der Waals surface area (Å²) < 4.78 is 0. The van der Waals surface area contributed by atoms with E-state index in [0.717, 1.165) is 28.3 Å². The van der Waals surface area contributed by atoms with Crippen LogP contribution in [0.3, 0.4) is 0 Å². The van der Waals surface area contributed by atoms with Crippen molar-refractivity contribution in [2.45, 2.75) is 13.3 Å². The van der Waals surface area contributed by atoms with Crippen molar-refractivity contribution in [1.29, 1.82) is 0 Å². The Morgan fingerprint density at radius 3 is 2.94 bits per heavy atom. The maximum Gasteiger partial charge on any atom is 0.115 e. The molecule has 1 heterocycles. The van der Waals surface area contributed by atoms with Crippen LogP contribution in [0.5, 0.6) is 0 Å². The Morgan fingerprint density at radius 2 is 2.24 bits per heavy atom. The van der Waals surface area contributed by atoms with Crippen LogP contribution in [0, 0.1) is 6.07 Å². The zero-order chi connectivity index (χ0) is 12.1. The molecular formula is C14H12ClN2. The molecule has 1 aromatic carbocycles. The Morgan fingerprint density at radius 1 is 1.35 bits per heavy atom. The number of hydrogen-bond donors (Lipinski definition) is 0. The van der Waals surface area contributed by atoms with E-state index in [4.69, 9.17) is 11.6 Å². The van der Waals surface area contributed by atoms with Gasteiger partial charge in [-0.25, -0.2) is 9.97 Å². The molecule has 1 radical (unpaired) electrons. The Labute approximate surface area is 106 Å². The second-order valence-electron chi connectivity index (χ2n) is 3.54. The average Bonchev–Trinajstić information content (AvgIpc) is 2.37. The van der Waals surface area contributed by atoms with Gasteiger partial charge < -0.3 is 0 Å². The maximum atomic E-state index is 6.13. The van der Waals surface area contributed by atoms with E-state index in [2.05, 4.69) is 23.0 Å². The highest BCUT2D eigenvalue weighted by Crippen LogP contribution is 2.21. The average molecular weight is 244 g/mol. The summed E-state index contributed by atoms with van der Waals surface area (Å²) in [6.07, 6.45) is 8.05. The van der Waals surface area contributed by atoms with Gasteiger partial charge in [0.2, 0.25) is 0 Å². The molecule has 0 unspecified atom stereocenters. The topological polar surface area (TPSA) is 25.8 Å². The molecule has 0 N–H and O–H groups in total. The van der Waals surface area contributed by atoms with Crippen molar-refractivity contribution in [1.82, 2.24) is 9.97 Å². The minimum absolute atomic E-state index is 0.786. The van der Waals surface area contributed by atoms with Crippen LogP contribution in [0.15, 0.2) is 30.7 Å². The van der Waals surface area contributed by atoms with Gasteiger partial charge in [0.15, 0.2) is 0 Å². The normalized spacial score (nSPS) is 10.9. The number of nitrogens with zero attached hydrogens (tertiary/aromatic N) is 2. The third-order valence-electron chi connectivity index (χ3n) is 2.46. The fourth-order valence-electron chi connectivity index (χ4n) is 1.60. The zero-order valence-electron chi connectivity index (χ0n) is 9.52. The summed E-state index contributed by atoms with van der Waals surface area (Å²) in [5.41, 5.74) is 2.99. The smallest absolute Gasteiger partial charge is 0.115 e. The highest BCUT2D eigenvalue weighted by atomic mass is 35.5. The van der Waals surface area contributed by atoms with Gasteiger partial charge in [0.1, 0.15) is 6.33 Å². The molecule has 1 aromatic heterocycles. The molecule has 0 spiro atoms. The highest BCUT2D eigenvalue weighted by Gasteiger charge is 2.02. The molecule has 2 rings (SSSR count). The molecule has 3 heteroatoms. The number of benzene rings is 1. The minimum atomic E-state index is 0.786. The van der Waals surface area contributed by atoms with Gasteiger partial charge in [-0.05, 0) is 41.8 Å². The van der Waals surface area contributed by atoms with E-state index in [1.807, 2.05) is 30.4 Å². The molecule has 2 nitrogen and oxygen atoms in total. The molecule has 0 aliphatic rings. The summed E-state index contributed by atoms with van der Waals surface area (Å²) >= 11 is 6.13. The van der Waals surface area contributed by atoms with Gasteiger partial charge >= 0.3 is 0 Å². The first-order valence-electron chi connectivity index (χ1n) is 5.44. The SMILES string of the molecule is CCc1c(C=Cc2ccncn2)[c]ccc1Cl. The van der Waals surface area contributed by atoms with Crippen LogP contribution in [0.25, 0.3) is 12.2 Å². The Kier molecular flexibility index (Phi) is 3.89. The van der Waals surface area contributed by atoms with Gasteiger partial charge in [-0.3, -0.25) is 0 Å². The van der Waals surface area contributed by atoms with E-state index in [-0.39, 0.29) is 0 Å². The summed E-state index contributed by atoms with van der Waals surface area (Å²) in [5, 5.41) is 0.786. The van der Waals surface area contributed by atoms with E-state index < -0.39 is 0 Å². The fraction of sp³-hybridized carbons (Fsp3) is 0.143. The third kappa shape index (κ3) is 2.92. The van der Waals surface area contributed by atoms with Gasteiger partial charge in [-0.15, -0.1) is 0 Å². The van der Waals surface area contributed by atoms with E-state index in [1.165, 1.54) is 6.33 Å². The lowest BCUT2D eigenvalue weighted by Crippen LogP contribution is -1.88. The maximum absolute atomic E-state index is 6.13. The molecule has 0 bridgehead atoms. The summed E-state index contributed by atoms with van der Waals surface area (Å²) in [6.45, 7) is 2.08. The van der Waals surface area contributed by atoms with Crippen molar-refractivity contribution in [3.8, 4) is 0 Å². The Bertz CT molecular complexity index is 521. The third-order valence-corrected chi connectivity index (χ3v) is 2.82. The number of rotatable bonds is 3. The van der Waals surface area contributed by atoms with Crippen LogP contribution < -0.4 is 0 Å². The summed E-state index contributed by atoms with van der Waals surface area (Å²) in [4.78, 5) is 8.00. The van der Waals surface area contributed by atoms with Crippen molar-refractivity contribution in [3.63, 3.8) is 0 Å². The lowest BCUT2D eigenvalue weighted by atomic mass is 10.0. The largest absolute Gasteiger partial charge is 0.245 e. The minimum Gasteiger partial charge on any atom is -0.245 e. The number of aromatic nitrogens is 2. The molecule has 0 aliphatic carbocycles. The van der Waals surface area contributed by atoms with Crippen molar-refractivity contribution in [3.05, 3.63) is 58.6 Å². The lowest BCUT2D eigenvalue weighted by molar-refractivity contribution is 1.13. The second kappa shape index (κ2) is 5.60. The monoisotopic (exact) mass is 243 g/mol. The second-order valence-corrected chi connectivity index (χ2v) is 3.95. The van der Waals surface area contributed by atoms with E-state index in [1.54, 1.807) is 6.20 Å². The molecule has 0 atom stereocenters. The molecule has 0 fully saturated rings. The van der Waals surface area contributed by atoms with Crippen molar-refractivity contribution < 1.29 is 0 Å². The van der Waals surface area contributed by atoms with Crippen LogP contribution in [0.4, 0.5) is 0 Å². The van der Waals surface area contributed by atoms with Crippen LogP contribution >= 0.6 is 11.6 Å². The van der Waals surface area contributed by atoms with Gasteiger partial charge in [-0.2, -0.15) is 0 Å². The highest BCUT2D eigenvalue weighted by molar-refractivity contribution is 6.31. The first kappa shape index (κ1) is 11.8. The first-order valence-corrected chi connectivity index (χ1v) is 5.82. The molecular weight excluding hydrogens is 232 g/mol. The Balaban J connectivity index is 2.30. The van der Waals surface area contributed by atoms with E-state index in [0.29, 0.717) is 0 Å². The molecule has 2 aromatic rings. The van der Waals surface area contributed by atoms with Gasteiger partial charge in [0.25, 0.3) is 0 Å².